The zero-order chi connectivity index (χ0) is 16.8. The number of aliphatic hydroxyl groups is 1. The monoisotopic (exact) mass is 320 g/mol. The van der Waals surface area contributed by atoms with Crippen molar-refractivity contribution in [3.63, 3.8) is 0 Å². The van der Waals surface area contributed by atoms with Crippen molar-refractivity contribution in [2.24, 2.45) is 0 Å². The zero-order valence-electron chi connectivity index (χ0n) is 13.4. The van der Waals surface area contributed by atoms with Gasteiger partial charge in [-0.2, -0.15) is 0 Å². The van der Waals surface area contributed by atoms with Crippen molar-refractivity contribution in [2.45, 2.75) is 18.9 Å². The lowest BCUT2D eigenvalue weighted by atomic mass is 10.1. The molecule has 0 bridgehead atoms. The average Bonchev–Trinajstić information content (AvgIpc) is 2.62. The van der Waals surface area contributed by atoms with Gasteiger partial charge in [-0.25, -0.2) is 0 Å². The van der Waals surface area contributed by atoms with Crippen LogP contribution in [0.15, 0.2) is 54.6 Å². The Labute approximate surface area is 142 Å². The number of amides is 1. The van der Waals surface area contributed by atoms with Crippen LogP contribution < -0.4 is 10.2 Å². The van der Waals surface area contributed by atoms with Gasteiger partial charge in [0.2, 0.25) is 0 Å². The standard InChI is InChI=1S/C20H20N2O2/c23-17-12-14-22(15-13-17)19-9-5-4-8-18(19)21-20(24)11-10-16-6-2-1-3-7-16/h1-9,17,23H,12-15H2,(H,21,24). The van der Waals surface area contributed by atoms with Gasteiger partial charge in [-0.15, -0.1) is 0 Å². The second kappa shape index (κ2) is 7.67. The number of carbonyl (C=O) groups excluding carboxylic acids is 1. The van der Waals surface area contributed by atoms with Crippen molar-refractivity contribution in [2.75, 3.05) is 23.3 Å². The molecule has 0 aromatic heterocycles. The number of aliphatic hydroxyl groups excluding tert-OH is 1. The second-order valence-corrected chi connectivity index (χ2v) is 5.81. The highest BCUT2D eigenvalue weighted by atomic mass is 16.3. The van der Waals surface area contributed by atoms with Gasteiger partial charge in [0.25, 0.3) is 0 Å². The fraction of sp³-hybridized carbons (Fsp3) is 0.250. The quantitative estimate of drug-likeness (QED) is 0.837. The van der Waals surface area contributed by atoms with Gasteiger partial charge in [-0.05, 0) is 37.1 Å². The van der Waals surface area contributed by atoms with Gasteiger partial charge in [-0.3, -0.25) is 4.79 Å². The highest BCUT2D eigenvalue weighted by Crippen LogP contribution is 2.28. The van der Waals surface area contributed by atoms with Crippen LogP contribution in [-0.4, -0.2) is 30.2 Å². The van der Waals surface area contributed by atoms with Crippen molar-refractivity contribution in [3.05, 3.63) is 60.2 Å². The Bertz CT molecular complexity index is 754. The van der Waals surface area contributed by atoms with Crippen LogP contribution in [-0.2, 0) is 4.79 Å². The molecule has 1 aliphatic rings. The number of rotatable bonds is 2. The number of carbonyl (C=O) groups is 1. The Morgan fingerprint density at radius 1 is 1.04 bits per heavy atom. The van der Waals surface area contributed by atoms with E-state index in [-0.39, 0.29) is 12.0 Å². The van der Waals surface area contributed by atoms with Crippen LogP contribution in [0.4, 0.5) is 11.4 Å². The van der Waals surface area contributed by atoms with Gasteiger partial charge in [0.1, 0.15) is 0 Å². The normalized spacial score (nSPS) is 14.6. The average molecular weight is 320 g/mol. The van der Waals surface area contributed by atoms with E-state index in [1.165, 1.54) is 0 Å². The van der Waals surface area contributed by atoms with Gasteiger partial charge in [0, 0.05) is 24.6 Å². The summed E-state index contributed by atoms with van der Waals surface area (Å²) in [6.45, 7) is 1.56. The first-order valence-corrected chi connectivity index (χ1v) is 8.12. The molecule has 0 spiro atoms. The molecule has 0 atom stereocenters. The molecule has 1 aliphatic heterocycles. The summed E-state index contributed by atoms with van der Waals surface area (Å²) < 4.78 is 0. The molecule has 0 saturated carbocycles. The summed E-state index contributed by atoms with van der Waals surface area (Å²) >= 11 is 0. The van der Waals surface area contributed by atoms with Crippen LogP contribution in [0.25, 0.3) is 0 Å². The maximum absolute atomic E-state index is 12.1. The lowest BCUT2D eigenvalue weighted by Gasteiger charge is -2.32. The van der Waals surface area contributed by atoms with Crippen LogP contribution in [0.5, 0.6) is 0 Å². The summed E-state index contributed by atoms with van der Waals surface area (Å²) in [5.74, 6) is 5.16. The molecule has 0 aliphatic carbocycles. The van der Waals surface area contributed by atoms with Gasteiger partial charge >= 0.3 is 5.91 Å². The van der Waals surface area contributed by atoms with Crippen LogP contribution in [0, 0.1) is 11.8 Å². The number of piperidine rings is 1. The zero-order valence-corrected chi connectivity index (χ0v) is 13.4. The minimum absolute atomic E-state index is 0.222. The first-order chi connectivity index (χ1) is 11.7. The molecule has 24 heavy (non-hydrogen) atoms. The summed E-state index contributed by atoms with van der Waals surface area (Å²) in [6.07, 6.45) is 1.27. The maximum Gasteiger partial charge on any atom is 0.300 e. The summed E-state index contributed by atoms with van der Waals surface area (Å²) in [5, 5.41) is 12.5. The fourth-order valence-corrected chi connectivity index (χ4v) is 2.77. The van der Waals surface area contributed by atoms with Crippen LogP contribution >= 0.6 is 0 Å². The molecule has 2 aromatic rings. The molecule has 1 saturated heterocycles. The second-order valence-electron chi connectivity index (χ2n) is 5.81. The lowest BCUT2D eigenvalue weighted by molar-refractivity contribution is -0.111. The van der Waals surface area contributed by atoms with E-state index in [4.69, 9.17) is 0 Å². The Morgan fingerprint density at radius 3 is 2.46 bits per heavy atom. The number of hydrogen-bond donors (Lipinski definition) is 2. The first kappa shape index (κ1) is 16.1. The molecule has 4 heteroatoms. The molecule has 2 N–H and O–H groups in total. The molecule has 2 aromatic carbocycles. The number of nitrogens with one attached hydrogen (secondary N) is 1. The fourth-order valence-electron chi connectivity index (χ4n) is 2.77. The Balaban J connectivity index is 1.71. The van der Waals surface area contributed by atoms with Gasteiger partial charge < -0.3 is 15.3 Å². The van der Waals surface area contributed by atoms with Gasteiger partial charge in [-0.1, -0.05) is 36.3 Å². The summed E-state index contributed by atoms with van der Waals surface area (Å²) in [4.78, 5) is 14.3. The predicted octanol–water partition coefficient (Wildman–Crippen LogP) is 2.64. The Kier molecular flexibility index (Phi) is 5.15. The lowest BCUT2D eigenvalue weighted by Crippen LogP contribution is -2.36. The molecule has 1 fully saturated rings. The maximum atomic E-state index is 12.1. The largest absolute Gasteiger partial charge is 0.393 e. The van der Waals surface area contributed by atoms with E-state index in [1.54, 1.807) is 0 Å². The topological polar surface area (TPSA) is 52.6 Å². The van der Waals surface area contributed by atoms with E-state index < -0.39 is 0 Å². The minimum atomic E-state index is -0.330. The number of benzene rings is 2. The van der Waals surface area contributed by atoms with Crippen molar-refractivity contribution in [1.82, 2.24) is 0 Å². The third kappa shape index (κ3) is 4.15. The molecule has 4 nitrogen and oxygen atoms in total. The van der Waals surface area contributed by atoms with E-state index in [0.717, 1.165) is 42.9 Å². The first-order valence-electron chi connectivity index (χ1n) is 8.12. The number of nitrogens with zero attached hydrogens (tertiary/aromatic N) is 1. The Morgan fingerprint density at radius 2 is 1.71 bits per heavy atom. The number of para-hydroxylation sites is 2. The van der Waals surface area contributed by atoms with Crippen LogP contribution in [0.1, 0.15) is 18.4 Å². The summed E-state index contributed by atoms with van der Waals surface area (Å²) in [6, 6.07) is 17.1. The van der Waals surface area contributed by atoms with E-state index in [1.807, 2.05) is 54.6 Å². The molecule has 122 valence electrons. The number of anilines is 2. The summed E-state index contributed by atoms with van der Waals surface area (Å²) in [5.41, 5.74) is 2.53. The predicted molar refractivity (Wildman–Crippen MR) is 95.8 cm³/mol. The highest BCUT2D eigenvalue weighted by Gasteiger charge is 2.19. The molecule has 0 radical (unpaired) electrons. The van der Waals surface area contributed by atoms with Gasteiger partial charge in [0.05, 0.1) is 17.5 Å². The smallest absolute Gasteiger partial charge is 0.300 e. The Hall–Kier alpha value is -2.77. The van der Waals surface area contributed by atoms with Crippen molar-refractivity contribution in [3.8, 4) is 11.8 Å². The molecule has 1 heterocycles. The molecule has 1 amide bonds. The third-order valence-corrected chi connectivity index (χ3v) is 4.05. The van der Waals surface area contributed by atoms with E-state index >= 15 is 0 Å². The highest BCUT2D eigenvalue weighted by molar-refractivity contribution is 6.06. The molecular weight excluding hydrogens is 300 g/mol. The SMILES string of the molecule is O=C(C#Cc1ccccc1)Nc1ccccc1N1CCC(O)CC1. The molecule has 0 unspecified atom stereocenters. The van der Waals surface area contributed by atoms with Crippen LogP contribution in [0.3, 0.4) is 0 Å². The minimum Gasteiger partial charge on any atom is -0.393 e. The molecule has 3 rings (SSSR count). The van der Waals surface area contributed by atoms with Crippen molar-refractivity contribution in [1.29, 1.82) is 0 Å². The number of hydrogen-bond acceptors (Lipinski definition) is 3. The third-order valence-electron chi connectivity index (χ3n) is 4.05. The van der Waals surface area contributed by atoms with Crippen molar-refractivity contribution < 1.29 is 9.90 Å². The molecular formula is C20H20N2O2. The van der Waals surface area contributed by atoms with Gasteiger partial charge in [0.15, 0.2) is 0 Å². The van der Waals surface area contributed by atoms with Crippen molar-refractivity contribution >= 4 is 17.3 Å². The van der Waals surface area contributed by atoms with E-state index in [0.29, 0.717) is 0 Å². The van der Waals surface area contributed by atoms with Crippen LogP contribution in [0.2, 0.25) is 0 Å². The van der Waals surface area contributed by atoms with E-state index in [2.05, 4.69) is 22.1 Å². The van der Waals surface area contributed by atoms with E-state index in [9.17, 15) is 9.90 Å². The summed E-state index contributed by atoms with van der Waals surface area (Å²) in [7, 11) is 0.